The van der Waals surface area contributed by atoms with Crippen LogP contribution in [-0.2, 0) is 0 Å². The summed E-state index contributed by atoms with van der Waals surface area (Å²) in [5, 5.41) is 1.32. The van der Waals surface area contributed by atoms with Crippen molar-refractivity contribution in [3.63, 3.8) is 0 Å². The van der Waals surface area contributed by atoms with Crippen molar-refractivity contribution < 1.29 is 0 Å². The number of nitrogens with zero attached hydrogens (tertiary/aromatic N) is 2. The molecular weight excluding hydrogens is 300 g/mol. The van der Waals surface area contributed by atoms with Gasteiger partial charge in [-0.15, -0.1) is 11.3 Å². The largest absolute Gasteiger partial charge is 0.296 e. The summed E-state index contributed by atoms with van der Waals surface area (Å²) in [6, 6.07) is 19.8. The Morgan fingerprint density at radius 2 is 1.87 bits per heavy atom. The number of rotatable bonds is 3. The Bertz CT molecular complexity index is 747. The van der Waals surface area contributed by atoms with Crippen LogP contribution in [0.2, 0.25) is 0 Å². The molecule has 1 aliphatic rings. The van der Waals surface area contributed by atoms with Gasteiger partial charge in [-0.2, -0.15) is 0 Å². The summed E-state index contributed by atoms with van der Waals surface area (Å²) in [4.78, 5) is 7.52. The lowest BCUT2D eigenvalue weighted by Crippen LogP contribution is -2.36. The zero-order valence-electron chi connectivity index (χ0n) is 13.5. The predicted octanol–water partition coefficient (Wildman–Crippen LogP) is 5.24. The van der Waals surface area contributed by atoms with Gasteiger partial charge in [-0.25, -0.2) is 4.98 Å². The van der Waals surface area contributed by atoms with E-state index in [-0.39, 0.29) is 0 Å². The van der Waals surface area contributed by atoms with Crippen LogP contribution in [0.1, 0.15) is 42.3 Å². The van der Waals surface area contributed by atoms with Crippen molar-refractivity contribution in [3.05, 3.63) is 65.2 Å². The molecule has 1 saturated heterocycles. The second-order valence-electron chi connectivity index (χ2n) is 6.44. The number of likely N-dealkylation sites (tertiary alicyclic amines) is 1. The van der Waals surface area contributed by atoms with E-state index in [0.29, 0.717) is 12.0 Å². The highest BCUT2D eigenvalue weighted by molar-refractivity contribution is 7.18. The van der Waals surface area contributed by atoms with Gasteiger partial charge in [-0.3, -0.25) is 4.90 Å². The fourth-order valence-electron chi connectivity index (χ4n) is 3.57. The van der Waals surface area contributed by atoms with E-state index < -0.39 is 0 Å². The first-order chi connectivity index (χ1) is 11.3. The molecule has 0 amide bonds. The predicted molar refractivity (Wildman–Crippen MR) is 98.0 cm³/mol. The number of aromatic nitrogens is 1. The molecule has 1 aliphatic heterocycles. The molecule has 2 atom stereocenters. The molecule has 0 spiro atoms. The summed E-state index contributed by atoms with van der Waals surface area (Å²) in [7, 11) is 0. The van der Waals surface area contributed by atoms with Gasteiger partial charge < -0.3 is 0 Å². The van der Waals surface area contributed by atoms with Crippen LogP contribution in [0.3, 0.4) is 0 Å². The number of hydrogen-bond donors (Lipinski definition) is 0. The molecule has 118 valence electrons. The molecule has 0 N–H and O–H groups in total. The first kappa shape index (κ1) is 14.9. The van der Waals surface area contributed by atoms with Crippen molar-refractivity contribution in [2.75, 3.05) is 13.1 Å². The van der Waals surface area contributed by atoms with Crippen LogP contribution in [0.25, 0.3) is 10.2 Å². The molecular formula is C20H22N2S. The van der Waals surface area contributed by atoms with E-state index in [0.717, 1.165) is 12.1 Å². The number of para-hydroxylation sites is 1. The first-order valence-electron chi connectivity index (χ1n) is 8.46. The summed E-state index contributed by atoms with van der Waals surface area (Å²) >= 11 is 1.88. The van der Waals surface area contributed by atoms with Gasteiger partial charge in [-0.05, 0) is 44.0 Å². The molecule has 4 rings (SSSR count). The number of piperidine rings is 1. The number of fused-ring (bicyclic) bond motifs is 1. The van der Waals surface area contributed by atoms with E-state index in [4.69, 9.17) is 4.98 Å². The fourth-order valence-corrected chi connectivity index (χ4v) is 4.66. The summed E-state index contributed by atoms with van der Waals surface area (Å²) in [5.74, 6) is 0.576. The lowest BCUT2D eigenvalue weighted by Gasteiger charge is -2.36. The zero-order chi connectivity index (χ0) is 15.6. The van der Waals surface area contributed by atoms with Crippen molar-refractivity contribution in [1.29, 1.82) is 0 Å². The van der Waals surface area contributed by atoms with Gasteiger partial charge >= 0.3 is 0 Å². The van der Waals surface area contributed by atoms with Crippen LogP contribution >= 0.6 is 11.3 Å². The third-order valence-electron chi connectivity index (χ3n) is 4.94. The third kappa shape index (κ3) is 3.04. The van der Waals surface area contributed by atoms with Crippen LogP contribution in [0.15, 0.2) is 54.6 Å². The smallest absolute Gasteiger partial charge is 0.0982 e. The highest BCUT2D eigenvalue weighted by atomic mass is 32.1. The van der Waals surface area contributed by atoms with Crippen molar-refractivity contribution >= 4 is 21.6 Å². The van der Waals surface area contributed by atoms with Crippen LogP contribution in [-0.4, -0.2) is 23.0 Å². The van der Waals surface area contributed by atoms with E-state index in [9.17, 15) is 0 Å². The lowest BCUT2D eigenvalue weighted by molar-refractivity contribution is 0.158. The zero-order valence-corrected chi connectivity index (χ0v) is 14.3. The average Bonchev–Trinajstić information content (AvgIpc) is 3.06. The fraction of sp³-hybridized carbons (Fsp3) is 0.350. The Labute approximate surface area is 141 Å². The molecule has 0 aliphatic carbocycles. The van der Waals surface area contributed by atoms with Crippen molar-refractivity contribution in [2.45, 2.75) is 31.7 Å². The monoisotopic (exact) mass is 322 g/mol. The van der Waals surface area contributed by atoms with Gasteiger partial charge in [0, 0.05) is 18.5 Å². The van der Waals surface area contributed by atoms with Crippen LogP contribution in [0.4, 0.5) is 0 Å². The summed E-state index contributed by atoms with van der Waals surface area (Å²) in [5.41, 5.74) is 2.57. The molecule has 2 nitrogen and oxygen atoms in total. The highest BCUT2D eigenvalue weighted by Crippen LogP contribution is 2.35. The van der Waals surface area contributed by atoms with Gasteiger partial charge in [0.1, 0.15) is 0 Å². The molecule has 2 aromatic carbocycles. The van der Waals surface area contributed by atoms with Gasteiger partial charge in [-0.1, -0.05) is 42.5 Å². The summed E-state index contributed by atoms with van der Waals surface area (Å²) < 4.78 is 1.32. The van der Waals surface area contributed by atoms with Crippen molar-refractivity contribution in [3.8, 4) is 0 Å². The Kier molecular flexibility index (Phi) is 4.15. The standard InChI is InChI=1S/C20H22N2S/c1-15(16-8-3-2-4-9-16)22-13-7-10-17(14-22)20-21-18-11-5-6-12-19(18)23-20/h2-6,8-9,11-12,15,17H,7,10,13-14H2,1H3/t15-,17+/m1/s1. The highest BCUT2D eigenvalue weighted by Gasteiger charge is 2.27. The minimum absolute atomic E-state index is 0.480. The van der Waals surface area contributed by atoms with Crippen LogP contribution in [0.5, 0.6) is 0 Å². The number of hydrogen-bond acceptors (Lipinski definition) is 3. The van der Waals surface area contributed by atoms with Crippen molar-refractivity contribution in [1.82, 2.24) is 9.88 Å². The van der Waals surface area contributed by atoms with E-state index in [2.05, 4.69) is 66.4 Å². The lowest BCUT2D eigenvalue weighted by atomic mass is 9.95. The van der Waals surface area contributed by atoms with E-state index in [1.165, 1.54) is 34.7 Å². The van der Waals surface area contributed by atoms with E-state index >= 15 is 0 Å². The molecule has 2 heterocycles. The molecule has 23 heavy (non-hydrogen) atoms. The van der Waals surface area contributed by atoms with Gasteiger partial charge in [0.25, 0.3) is 0 Å². The Morgan fingerprint density at radius 1 is 1.09 bits per heavy atom. The van der Waals surface area contributed by atoms with Crippen LogP contribution in [0, 0.1) is 0 Å². The second-order valence-corrected chi connectivity index (χ2v) is 7.50. The molecule has 1 aromatic heterocycles. The van der Waals surface area contributed by atoms with E-state index in [1.807, 2.05) is 11.3 Å². The maximum Gasteiger partial charge on any atom is 0.0982 e. The Balaban J connectivity index is 1.54. The molecule has 3 heteroatoms. The quantitative estimate of drug-likeness (QED) is 0.656. The van der Waals surface area contributed by atoms with Crippen molar-refractivity contribution in [2.24, 2.45) is 0 Å². The van der Waals surface area contributed by atoms with Gasteiger partial charge in [0.2, 0.25) is 0 Å². The summed E-state index contributed by atoms with van der Waals surface area (Å²) in [6.07, 6.45) is 2.52. The minimum atomic E-state index is 0.480. The topological polar surface area (TPSA) is 16.1 Å². The molecule has 0 bridgehead atoms. The SMILES string of the molecule is C[C@H](c1ccccc1)N1CCC[C@H](c2nc3ccccc3s2)C1. The third-order valence-corrected chi connectivity index (χ3v) is 6.14. The summed E-state index contributed by atoms with van der Waals surface area (Å²) in [6.45, 7) is 4.64. The molecule has 1 fully saturated rings. The second kappa shape index (κ2) is 6.42. The molecule has 3 aromatic rings. The number of thiazole rings is 1. The molecule has 0 unspecified atom stereocenters. The molecule has 0 radical (unpaired) electrons. The van der Waals surface area contributed by atoms with E-state index in [1.54, 1.807) is 0 Å². The Hall–Kier alpha value is -1.71. The normalized spacial score (nSPS) is 20.7. The maximum absolute atomic E-state index is 4.89. The Morgan fingerprint density at radius 3 is 2.70 bits per heavy atom. The van der Waals surface area contributed by atoms with Gasteiger partial charge in [0.15, 0.2) is 0 Å². The first-order valence-corrected chi connectivity index (χ1v) is 9.27. The van der Waals surface area contributed by atoms with Gasteiger partial charge in [0.05, 0.1) is 15.2 Å². The molecule has 0 saturated carbocycles. The maximum atomic E-state index is 4.89. The van der Waals surface area contributed by atoms with Crippen LogP contribution < -0.4 is 0 Å². The number of benzene rings is 2. The minimum Gasteiger partial charge on any atom is -0.296 e. The average molecular weight is 322 g/mol.